The van der Waals surface area contributed by atoms with Gasteiger partial charge in [-0.15, -0.1) is 5.10 Å². The van der Waals surface area contributed by atoms with Crippen LogP contribution in [-0.4, -0.2) is 34.3 Å². The molecule has 36 heavy (non-hydrogen) atoms. The van der Waals surface area contributed by atoms with Crippen molar-refractivity contribution in [2.24, 2.45) is 0 Å². The Labute approximate surface area is 210 Å². The summed E-state index contributed by atoms with van der Waals surface area (Å²) in [7, 11) is 0. The second-order valence-corrected chi connectivity index (χ2v) is 8.99. The lowest BCUT2D eigenvalue weighted by atomic mass is 9.85. The van der Waals surface area contributed by atoms with Crippen LogP contribution >= 0.6 is 11.6 Å². The Hall–Kier alpha value is -4.56. The van der Waals surface area contributed by atoms with Gasteiger partial charge in [0, 0.05) is 23.0 Å². The number of pyridine rings is 1. The fraction of sp³-hybridized carbons (Fsp3) is 0.0741. The van der Waals surface area contributed by atoms with Crippen LogP contribution in [0.3, 0.4) is 0 Å². The number of halogens is 1. The van der Waals surface area contributed by atoms with E-state index in [4.69, 9.17) is 31.5 Å². The topological polar surface area (TPSA) is 83.0 Å². The largest absolute Gasteiger partial charge is 0.420 e. The zero-order valence-corrected chi connectivity index (χ0v) is 19.8. The molecule has 0 saturated carbocycles. The second kappa shape index (κ2) is 8.00. The Balaban J connectivity index is 1.49. The SMILES string of the molecule is Cc1nn(-c2cccc(Cl)c2)c2c1[C@H](c1cccnc1)c1c(ncn3nc(-c4ccccc4)nc13)O2. The van der Waals surface area contributed by atoms with Crippen molar-refractivity contribution in [2.45, 2.75) is 12.8 Å². The average Bonchev–Trinajstić information content (AvgIpc) is 3.50. The summed E-state index contributed by atoms with van der Waals surface area (Å²) in [5.41, 5.74) is 5.96. The minimum absolute atomic E-state index is 0.255. The van der Waals surface area contributed by atoms with E-state index in [0.29, 0.717) is 28.3 Å². The maximum absolute atomic E-state index is 6.44. The fourth-order valence-corrected chi connectivity index (χ4v) is 4.94. The van der Waals surface area contributed by atoms with Gasteiger partial charge in [0.25, 0.3) is 0 Å². The molecule has 1 aliphatic heterocycles. The van der Waals surface area contributed by atoms with Crippen molar-refractivity contribution in [3.63, 3.8) is 0 Å². The molecular weight excluding hydrogens is 474 g/mol. The first-order chi connectivity index (χ1) is 17.7. The molecule has 0 N–H and O–H groups in total. The van der Waals surface area contributed by atoms with Crippen molar-refractivity contribution in [1.82, 2.24) is 34.3 Å². The molecule has 0 saturated heterocycles. The van der Waals surface area contributed by atoms with Gasteiger partial charge in [-0.25, -0.2) is 19.2 Å². The molecule has 7 rings (SSSR count). The predicted molar refractivity (Wildman–Crippen MR) is 135 cm³/mol. The Morgan fingerprint density at radius 2 is 1.83 bits per heavy atom. The molecule has 0 aliphatic carbocycles. The van der Waals surface area contributed by atoms with Gasteiger partial charge in [-0.3, -0.25) is 4.98 Å². The molecule has 4 aromatic heterocycles. The third-order valence-corrected chi connectivity index (χ3v) is 6.56. The zero-order chi connectivity index (χ0) is 24.2. The van der Waals surface area contributed by atoms with Crippen molar-refractivity contribution in [1.29, 1.82) is 0 Å². The van der Waals surface area contributed by atoms with E-state index < -0.39 is 0 Å². The number of benzene rings is 2. The standard InChI is InChI=1S/C27H18ClN7O/c1-16-21-22(18-9-6-12-29-14-18)23-25-31-24(17-7-3-2-4-8-17)33-34(25)15-30-26(23)36-27(21)35(32-16)20-11-5-10-19(28)13-20/h2-15,22H,1H3/t22-/m0/s1. The van der Waals surface area contributed by atoms with Crippen molar-refractivity contribution >= 4 is 17.2 Å². The number of hydrogen-bond donors (Lipinski definition) is 0. The van der Waals surface area contributed by atoms with Crippen LogP contribution in [0.4, 0.5) is 0 Å². The summed E-state index contributed by atoms with van der Waals surface area (Å²) >= 11 is 6.29. The second-order valence-electron chi connectivity index (χ2n) is 8.55. The van der Waals surface area contributed by atoms with Gasteiger partial charge in [0.15, 0.2) is 11.5 Å². The number of hydrogen-bond acceptors (Lipinski definition) is 6. The van der Waals surface area contributed by atoms with Gasteiger partial charge in [0.05, 0.1) is 28.4 Å². The molecule has 2 aromatic carbocycles. The lowest BCUT2D eigenvalue weighted by molar-refractivity contribution is 0.402. The number of fused-ring (bicyclic) bond motifs is 4. The highest BCUT2D eigenvalue weighted by molar-refractivity contribution is 6.30. The van der Waals surface area contributed by atoms with E-state index >= 15 is 0 Å². The van der Waals surface area contributed by atoms with Gasteiger partial charge in [-0.1, -0.05) is 54.1 Å². The third kappa shape index (κ3) is 3.19. The molecule has 0 amide bonds. The van der Waals surface area contributed by atoms with Crippen molar-refractivity contribution in [3.8, 4) is 28.8 Å². The number of rotatable bonds is 3. The van der Waals surface area contributed by atoms with Crippen molar-refractivity contribution in [3.05, 3.63) is 113 Å². The molecule has 0 spiro atoms. The molecule has 9 heteroatoms. The number of aromatic nitrogens is 7. The van der Waals surface area contributed by atoms with E-state index in [1.165, 1.54) is 0 Å². The molecule has 0 radical (unpaired) electrons. The van der Waals surface area contributed by atoms with Gasteiger partial charge in [-0.05, 0) is 36.8 Å². The first-order valence-electron chi connectivity index (χ1n) is 11.4. The molecular formula is C27H18ClN7O. The van der Waals surface area contributed by atoms with Gasteiger partial charge in [-0.2, -0.15) is 5.10 Å². The highest BCUT2D eigenvalue weighted by Crippen LogP contribution is 2.49. The molecule has 6 aromatic rings. The summed E-state index contributed by atoms with van der Waals surface area (Å²) in [5, 5.41) is 10.2. The molecule has 1 aliphatic rings. The molecule has 0 unspecified atom stereocenters. The summed E-state index contributed by atoms with van der Waals surface area (Å²) in [6.07, 6.45) is 5.25. The minimum Gasteiger partial charge on any atom is -0.420 e. The van der Waals surface area contributed by atoms with Gasteiger partial charge in [0.1, 0.15) is 6.33 Å². The van der Waals surface area contributed by atoms with E-state index in [0.717, 1.165) is 33.6 Å². The molecule has 1 atom stereocenters. The summed E-state index contributed by atoms with van der Waals surface area (Å²) < 4.78 is 9.92. The van der Waals surface area contributed by atoms with Crippen LogP contribution in [0.25, 0.3) is 22.7 Å². The van der Waals surface area contributed by atoms with Crippen LogP contribution in [-0.2, 0) is 0 Å². The summed E-state index contributed by atoms with van der Waals surface area (Å²) in [6.45, 7) is 1.98. The van der Waals surface area contributed by atoms with Crippen LogP contribution in [0.5, 0.6) is 11.8 Å². The van der Waals surface area contributed by atoms with E-state index in [9.17, 15) is 0 Å². The summed E-state index contributed by atoms with van der Waals surface area (Å²) in [5.74, 6) is 1.41. The minimum atomic E-state index is -0.255. The lowest BCUT2D eigenvalue weighted by Gasteiger charge is -2.26. The monoisotopic (exact) mass is 491 g/mol. The lowest BCUT2D eigenvalue weighted by Crippen LogP contribution is -2.16. The van der Waals surface area contributed by atoms with E-state index in [-0.39, 0.29) is 5.92 Å². The quantitative estimate of drug-likeness (QED) is 0.319. The normalized spacial score (nSPS) is 14.3. The van der Waals surface area contributed by atoms with Crippen LogP contribution in [0.1, 0.15) is 28.3 Å². The van der Waals surface area contributed by atoms with Gasteiger partial charge in [0.2, 0.25) is 11.8 Å². The van der Waals surface area contributed by atoms with Gasteiger partial charge < -0.3 is 4.74 Å². The summed E-state index contributed by atoms with van der Waals surface area (Å²) in [4.78, 5) is 14.0. The maximum atomic E-state index is 6.44. The Morgan fingerprint density at radius 3 is 2.64 bits per heavy atom. The number of ether oxygens (including phenoxy) is 1. The molecule has 174 valence electrons. The first-order valence-corrected chi connectivity index (χ1v) is 11.8. The zero-order valence-electron chi connectivity index (χ0n) is 19.1. The van der Waals surface area contributed by atoms with E-state index in [1.54, 1.807) is 21.7 Å². The van der Waals surface area contributed by atoms with Crippen LogP contribution < -0.4 is 4.74 Å². The number of nitrogens with zero attached hydrogens (tertiary/aromatic N) is 7. The highest BCUT2D eigenvalue weighted by atomic mass is 35.5. The highest BCUT2D eigenvalue weighted by Gasteiger charge is 2.38. The third-order valence-electron chi connectivity index (χ3n) is 6.32. The Bertz CT molecular complexity index is 1750. The van der Waals surface area contributed by atoms with Crippen LogP contribution in [0, 0.1) is 6.92 Å². The van der Waals surface area contributed by atoms with Crippen LogP contribution in [0.2, 0.25) is 5.02 Å². The van der Waals surface area contributed by atoms with Gasteiger partial charge >= 0.3 is 0 Å². The molecule has 5 heterocycles. The maximum Gasteiger partial charge on any atom is 0.230 e. The Morgan fingerprint density at radius 1 is 0.944 bits per heavy atom. The summed E-state index contributed by atoms with van der Waals surface area (Å²) in [6, 6.07) is 21.4. The van der Waals surface area contributed by atoms with E-state index in [2.05, 4.69) is 9.97 Å². The van der Waals surface area contributed by atoms with Crippen LogP contribution in [0.15, 0.2) is 85.5 Å². The molecule has 0 bridgehead atoms. The predicted octanol–water partition coefficient (Wildman–Crippen LogP) is 5.62. The van der Waals surface area contributed by atoms with E-state index in [1.807, 2.05) is 79.9 Å². The first kappa shape index (κ1) is 20.8. The fourth-order valence-electron chi connectivity index (χ4n) is 4.75. The average molecular weight is 492 g/mol. The van der Waals surface area contributed by atoms with Crippen molar-refractivity contribution in [2.75, 3.05) is 0 Å². The smallest absolute Gasteiger partial charge is 0.230 e. The Kier molecular flexibility index (Phi) is 4.62. The number of aryl methyl sites for hydroxylation is 1. The molecule has 0 fully saturated rings. The van der Waals surface area contributed by atoms with Crippen molar-refractivity contribution < 1.29 is 4.74 Å². The molecule has 8 nitrogen and oxygen atoms in total.